The Kier molecular flexibility index (Phi) is 3.37. The summed E-state index contributed by atoms with van der Waals surface area (Å²) < 4.78 is 26.6. The van der Waals surface area contributed by atoms with Crippen LogP contribution in [0.15, 0.2) is 36.5 Å². The van der Waals surface area contributed by atoms with Crippen LogP contribution in [0.5, 0.6) is 0 Å². The van der Waals surface area contributed by atoms with Crippen molar-refractivity contribution in [1.82, 2.24) is 9.78 Å². The lowest BCUT2D eigenvalue weighted by Crippen LogP contribution is -2.01. The van der Waals surface area contributed by atoms with E-state index in [-0.39, 0.29) is 5.56 Å². The van der Waals surface area contributed by atoms with Crippen molar-refractivity contribution >= 4 is 5.82 Å². The normalized spacial score (nSPS) is 10.8. The lowest BCUT2D eigenvalue weighted by atomic mass is 10.1. The van der Waals surface area contributed by atoms with Crippen molar-refractivity contribution < 1.29 is 8.78 Å². The molecule has 0 bridgehead atoms. The van der Waals surface area contributed by atoms with Gasteiger partial charge in [0.15, 0.2) is 0 Å². The Hall–Kier alpha value is -1.91. The minimum Gasteiger partial charge on any atom is -0.365 e. The van der Waals surface area contributed by atoms with Gasteiger partial charge in [0.05, 0.1) is 0 Å². The summed E-state index contributed by atoms with van der Waals surface area (Å²) in [6, 6.07) is 8.20. The predicted octanol–water partition coefficient (Wildman–Crippen LogP) is 2.97. The van der Waals surface area contributed by atoms with E-state index >= 15 is 0 Å². The van der Waals surface area contributed by atoms with Gasteiger partial charge in [0.25, 0.3) is 6.43 Å². The number of nitrogens with one attached hydrogen (secondary N) is 1. The minimum absolute atomic E-state index is 0.0466. The average Bonchev–Trinajstić information content (AvgIpc) is 2.73. The van der Waals surface area contributed by atoms with E-state index in [0.717, 1.165) is 11.4 Å². The molecule has 2 rings (SSSR count). The standard InChI is InChI=1S/C12H13F2N3/c1-17-6-5-11(16-17)15-8-9-3-2-4-10(7-9)12(13)14/h2-7,12H,8H2,1H3,(H,15,16). The van der Waals surface area contributed by atoms with Crippen molar-refractivity contribution in [3.05, 3.63) is 47.7 Å². The Morgan fingerprint density at radius 2 is 2.18 bits per heavy atom. The van der Waals surface area contributed by atoms with Crippen LogP contribution in [0.3, 0.4) is 0 Å². The molecule has 0 aliphatic rings. The van der Waals surface area contributed by atoms with Crippen LogP contribution in [0.2, 0.25) is 0 Å². The molecule has 0 fully saturated rings. The Morgan fingerprint density at radius 1 is 1.35 bits per heavy atom. The zero-order valence-electron chi connectivity index (χ0n) is 9.40. The fourth-order valence-corrected chi connectivity index (χ4v) is 1.54. The molecule has 1 N–H and O–H groups in total. The molecule has 0 unspecified atom stereocenters. The summed E-state index contributed by atoms with van der Waals surface area (Å²) in [5, 5.41) is 7.21. The van der Waals surface area contributed by atoms with Crippen molar-refractivity contribution in [3.63, 3.8) is 0 Å². The molecule has 0 atom stereocenters. The van der Waals surface area contributed by atoms with Gasteiger partial charge in [-0.2, -0.15) is 5.10 Å². The lowest BCUT2D eigenvalue weighted by Gasteiger charge is -2.05. The Labute approximate surface area is 98.1 Å². The molecule has 0 saturated carbocycles. The number of hydrogen-bond acceptors (Lipinski definition) is 2. The number of rotatable bonds is 4. The highest BCUT2D eigenvalue weighted by Crippen LogP contribution is 2.19. The van der Waals surface area contributed by atoms with Crippen LogP contribution in [0.4, 0.5) is 14.6 Å². The number of benzene rings is 1. The van der Waals surface area contributed by atoms with Gasteiger partial charge in [0.1, 0.15) is 5.82 Å². The highest BCUT2D eigenvalue weighted by molar-refractivity contribution is 5.34. The van der Waals surface area contributed by atoms with Gasteiger partial charge in [-0.1, -0.05) is 18.2 Å². The zero-order valence-corrected chi connectivity index (χ0v) is 9.40. The highest BCUT2D eigenvalue weighted by atomic mass is 19.3. The topological polar surface area (TPSA) is 29.9 Å². The van der Waals surface area contributed by atoms with Crippen molar-refractivity contribution in [3.8, 4) is 0 Å². The smallest absolute Gasteiger partial charge is 0.263 e. The van der Waals surface area contributed by atoms with E-state index in [2.05, 4.69) is 10.4 Å². The van der Waals surface area contributed by atoms with Crippen LogP contribution in [0, 0.1) is 0 Å². The van der Waals surface area contributed by atoms with Crippen LogP contribution < -0.4 is 5.32 Å². The Morgan fingerprint density at radius 3 is 2.82 bits per heavy atom. The van der Waals surface area contributed by atoms with E-state index in [1.807, 2.05) is 25.4 Å². The molecule has 0 saturated heterocycles. The number of alkyl halides is 2. The zero-order chi connectivity index (χ0) is 12.3. The molecular weight excluding hydrogens is 224 g/mol. The fraction of sp³-hybridized carbons (Fsp3) is 0.250. The maximum absolute atomic E-state index is 12.5. The van der Waals surface area contributed by atoms with Crippen LogP contribution in [-0.4, -0.2) is 9.78 Å². The summed E-state index contributed by atoms with van der Waals surface area (Å²) in [6.45, 7) is 0.484. The van der Waals surface area contributed by atoms with E-state index in [0.29, 0.717) is 6.54 Å². The number of nitrogens with zero attached hydrogens (tertiary/aromatic N) is 2. The molecule has 2 aromatic rings. The number of halogens is 2. The second-order valence-electron chi connectivity index (χ2n) is 3.77. The van der Waals surface area contributed by atoms with E-state index in [1.165, 1.54) is 12.1 Å². The van der Waals surface area contributed by atoms with Crippen LogP contribution in [0.1, 0.15) is 17.6 Å². The van der Waals surface area contributed by atoms with Crippen LogP contribution >= 0.6 is 0 Å². The van der Waals surface area contributed by atoms with Crippen molar-refractivity contribution in [1.29, 1.82) is 0 Å². The largest absolute Gasteiger partial charge is 0.365 e. The first kappa shape index (κ1) is 11.6. The molecule has 17 heavy (non-hydrogen) atoms. The molecule has 1 heterocycles. The summed E-state index contributed by atoms with van der Waals surface area (Å²) in [4.78, 5) is 0. The molecule has 0 amide bonds. The molecule has 1 aromatic heterocycles. The molecule has 1 aromatic carbocycles. The average molecular weight is 237 g/mol. The third-order valence-corrected chi connectivity index (χ3v) is 2.39. The van der Waals surface area contributed by atoms with Crippen molar-refractivity contribution in [2.75, 3.05) is 5.32 Å². The lowest BCUT2D eigenvalue weighted by molar-refractivity contribution is 0.151. The van der Waals surface area contributed by atoms with Gasteiger partial charge in [0.2, 0.25) is 0 Å². The number of anilines is 1. The number of aromatic nitrogens is 2. The molecular formula is C12H13F2N3. The summed E-state index contributed by atoms with van der Waals surface area (Å²) in [7, 11) is 1.82. The maximum atomic E-state index is 12.5. The predicted molar refractivity (Wildman–Crippen MR) is 61.9 cm³/mol. The molecule has 0 spiro atoms. The van der Waals surface area contributed by atoms with Crippen LogP contribution in [-0.2, 0) is 13.6 Å². The monoisotopic (exact) mass is 237 g/mol. The SMILES string of the molecule is Cn1ccc(NCc2cccc(C(F)F)c2)n1. The molecule has 0 radical (unpaired) electrons. The quantitative estimate of drug-likeness (QED) is 0.886. The van der Waals surface area contributed by atoms with Gasteiger partial charge in [-0.25, -0.2) is 8.78 Å². The second-order valence-corrected chi connectivity index (χ2v) is 3.77. The first-order chi connectivity index (χ1) is 8.15. The molecule has 5 heteroatoms. The van der Waals surface area contributed by atoms with Crippen LogP contribution in [0.25, 0.3) is 0 Å². The maximum Gasteiger partial charge on any atom is 0.263 e. The van der Waals surface area contributed by atoms with Gasteiger partial charge < -0.3 is 5.32 Å². The summed E-state index contributed by atoms with van der Waals surface area (Å²) in [5.74, 6) is 0.731. The van der Waals surface area contributed by atoms with Crippen molar-refractivity contribution in [2.24, 2.45) is 7.05 Å². The van der Waals surface area contributed by atoms with E-state index in [9.17, 15) is 8.78 Å². The highest BCUT2D eigenvalue weighted by Gasteiger charge is 2.06. The third kappa shape index (κ3) is 3.03. The third-order valence-electron chi connectivity index (χ3n) is 2.39. The van der Waals surface area contributed by atoms with Crippen molar-refractivity contribution in [2.45, 2.75) is 13.0 Å². The number of aryl methyl sites for hydroxylation is 1. The Bertz CT molecular complexity index is 494. The van der Waals surface area contributed by atoms with Gasteiger partial charge in [-0.3, -0.25) is 4.68 Å². The molecule has 0 aliphatic carbocycles. The molecule has 0 aliphatic heterocycles. The second kappa shape index (κ2) is 4.95. The number of hydrogen-bond donors (Lipinski definition) is 1. The van der Waals surface area contributed by atoms with Gasteiger partial charge in [-0.05, 0) is 11.6 Å². The summed E-state index contributed by atoms with van der Waals surface area (Å²) in [5.41, 5.74) is 0.860. The molecule has 3 nitrogen and oxygen atoms in total. The minimum atomic E-state index is -2.43. The Balaban J connectivity index is 2.01. The summed E-state index contributed by atoms with van der Waals surface area (Å²) >= 11 is 0. The first-order valence-electron chi connectivity index (χ1n) is 5.25. The van der Waals surface area contributed by atoms with E-state index < -0.39 is 6.43 Å². The fourth-order valence-electron chi connectivity index (χ4n) is 1.54. The molecule has 90 valence electrons. The van der Waals surface area contributed by atoms with Gasteiger partial charge in [-0.15, -0.1) is 0 Å². The van der Waals surface area contributed by atoms with Gasteiger partial charge in [0, 0.05) is 31.4 Å². The van der Waals surface area contributed by atoms with E-state index in [1.54, 1.807) is 10.7 Å². The van der Waals surface area contributed by atoms with E-state index in [4.69, 9.17) is 0 Å². The first-order valence-corrected chi connectivity index (χ1v) is 5.25. The summed E-state index contributed by atoms with van der Waals surface area (Å²) in [6.07, 6.45) is -0.609. The van der Waals surface area contributed by atoms with Gasteiger partial charge >= 0.3 is 0 Å².